The number of hydrogen-bond donors (Lipinski definition) is 2. The molecule has 0 radical (unpaired) electrons. The van der Waals surface area contributed by atoms with Crippen LogP contribution in [0.3, 0.4) is 0 Å². The second-order valence-electron chi connectivity index (χ2n) is 6.84. The molecule has 2 aliphatic rings. The van der Waals surface area contributed by atoms with Crippen molar-refractivity contribution in [3.8, 4) is 0 Å². The molecule has 1 aromatic heterocycles. The number of carbonyl (C=O) groups excluding carboxylic acids is 1. The first kappa shape index (κ1) is 19.2. The summed E-state index contributed by atoms with van der Waals surface area (Å²) in [6, 6.07) is 4.11. The summed E-state index contributed by atoms with van der Waals surface area (Å²) in [5.74, 6) is 0.118. The number of rotatable bonds is 4. The summed E-state index contributed by atoms with van der Waals surface area (Å²) in [6.45, 7) is 5.51. The van der Waals surface area contributed by atoms with Crippen LogP contribution in [0.2, 0.25) is 0 Å². The Morgan fingerprint density at radius 1 is 1.52 bits per heavy atom. The molecule has 1 aromatic rings. The summed E-state index contributed by atoms with van der Waals surface area (Å²) >= 11 is 5.15. The highest BCUT2D eigenvalue weighted by Crippen LogP contribution is 2.57. The molecular weight excluding hydrogens is 400 g/mol. The van der Waals surface area contributed by atoms with Crippen LogP contribution >= 0.6 is 39.7 Å². The number of halogens is 2. The van der Waals surface area contributed by atoms with Crippen LogP contribution in [0.4, 0.5) is 0 Å². The third kappa shape index (κ3) is 3.09. The molecular formula is C16H24BrClN2O2S. The van der Waals surface area contributed by atoms with E-state index in [2.05, 4.69) is 41.2 Å². The van der Waals surface area contributed by atoms with Crippen LogP contribution in [-0.4, -0.2) is 30.7 Å². The Bertz CT molecular complexity index is 580. The number of hydrogen-bond acceptors (Lipinski definition) is 4. The van der Waals surface area contributed by atoms with E-state index in [4.69, 9.17) is 10.5 Å². The number of amides is 1. The fourth-order valence-corrected chi connectivity index (χ4v) is 5.45. The second kappa shape index (κ2) is 7.00. The van der Waals surface area contributed by atoms with Gasteiger partial charge in [0.1, 0.15) is 5.54 Å². The van der Waals surface area contributed by atoms with E-state index in [-0.39, 0.29) is 35.8 Å². The maximum Gasteiger partial charge on any atom is 0.241 e. The SMILES string of the molecule is CC1(C)C2OCCCC2C1(N)C(=O)NCCc1ccc(Br)s1.Cl. The van der Waals surface area contributed by atoms with Crippen molar-refractivity contribution in [2.24, 2.45) is 17.1 Å². The fraction of sp³-hybridized carbons (Fsp3) is 0.688. The van der Waals surface area contributed by atoms with E-state index in [0.29, 0.717) is 6.54 Å². The second-order valence-corrected chi connectivity index (χ2v) is 9.39. The smallest absolute Gasteiger partial charge is 0.241 e. The third-order valence-electron chi connectivity index (χ3n) is 5.35. The molecule has 2 fully saturated rings. The van der Waals surface area contributed by atoms with Gasteiger partial charge < -0.3 is 15.8 Å². The van der Waals surface area contributed by atoms with Crippen LogP contribution in [0, 0.1) is 11.3 Å². The van der Waals surface area contributed by atoms with Gasteiger partial charge in [-0.3, -0.25) is 4.79 Å². The zero-order chi connectivity index (χ0) is 16.0. The Hall–Kier alpha value is -0.140. The minimum atomic E-state index is -0.811. The lowest BCUT2D eigenvalue weighted by Crippen LogP contribution is -2.82. The molecule has 130 valence electrons. The summed E-state index contributed by atoms with van der Waals surface area (Å²) < 4.78 is 6.97. The summed E-state index contributed by atoms with van der Waals surface area (Å²) in [4.78, 5) is 14.0. The summed E-state index contributed by atoms with van der Waals surface area (Å²) in [5.41, 5.74) is 5.44. The topological polar surface area (TPSA) is 64.3 Å². The van der Waals surface area contributed by atoms with Gasteiger partial charge in [-0.05, 0) is 47.3 Å². The van der Waals surface area contributed by atoms with E-state index in [0.717, 1.165) is 29.7 Å². The van der Waals surface area contributed by atoms with Crippen LogP contribution in [-0.2, 0) is 16.0 Å². The van der Waals surface area contributed by atoms with Crippen LogP contribution in [0.5, 0.6) is 0 Å². The molecule has 1 aliphatic carbocycles. The van der Waals surface area contributed by atoms with Gasteiger partial charge in [-0.1, -0.05) is 13.8 Å². The first-order chi connectivity index (χ1) is 10.4. The molecule has 1 aliphatic heterocycles. The van der Waals surface area contributed by atoms with Gasteiger partial charge in [0.05, 0.1) is 9.89 Å². The number of ether oxygens (including phenoxy) is 1. The Balaban J connectivity index is 0.00000192. The van der Waals surface area contributed by atoms with Crippen LogP contribution in [0.15, 0.2) is 15.9 Å². The quantitative estimate of drug-likeness (QED) is 0.782. The number of carbonyl (C=O) groups is 1. The lowest BCUT2D eigenvalue weighted by molar-refractivity contribution is -0.225. The van der Waals surface area contributed by atoms with Crippen molar-refractivity contribution in [1.82, 2.24) is 5.32 Å². The zero-order valence-corrected chi connectivity index (χ0v) is 16.7. The van der Waals surface area contributed by atoms with Gasteiger partial charge in [0, 0.05) is 29.4 Å². The third-order valence-corrected chi connectivity index (χ3v) is 7.03. The lowest BCUT2D eigenvalue weighted by Gasteiger charge is -2.65. The molecule has 1 amide bonds. The summed E-state index contributed by atoms with van der Waals surface area (Å²) in [7, 11) is 0. The van der Waals surface area contributed by atoms with Crippen LogP contribution < -0.4 is 11.1 Å². The van der Waals surface area contributed by atoms with Gasteiger partial charge in [-0.15, -0.1) is 23.7 Å². The average molecular weight is 424 g/mol. The molecule has 23 heavy (non-hydrogen) atoms. The first-order valence-electron chi connectivity index (χ1n) is 7.80. The molecule has 0 bridgehead atoms. The van der Waals surface area contributed by atoms with E-state index < -0.39 is 5.54 Å². The lowest BCUT2D eigenvalue weighted by atomic mass is 9.46. The molecule has 3 N–H and O–H groups in total. The van der Waals surface area contributed by atoms with Gasteiger partial charge in [-0.2, -0.15) is 0 Å². The Morgan fingerprint density at radius 2 is 2.26 bits per heavy atom. The number of thiophene rings is 1. The molecule has 3 atom stereocenters. The maximum atomic E-state index is 12.7. The van der Waals surface area contributed by atoms with Crippen molar-refractivity contribution in [3.63, 3.8) is 0 Å². The van der Waals surface area contributed by atoms with Gasteiger partial charge in [0.2, 0.25) is 5.91 Å². The van der Waals surface area contributed by atoms with Crippen molar-refractivity contribution < 1.29 is 9.53 Å². The highest BCUT2D eigenvalue weighted by atomic mass is 79.9. The van der Waals surface area contributed by atoms with Crippen molar-refractivity contribution in [2.45, 2.75) is 44.8 Å². The molecule has 3 rings (SSSR count). The average Bonchev–Trinajstić information content (AvgIpc) is 2.91. The highest BCUT2D eigenvalue weighted by Gasteiger charge is 2.70. The fourth-order valence-electron chi connectivity index (χ4n) is 3.97. The minimum Gasteiger partial charge on any atom is -0.377 e. The Kier molecular flexibility index (Phi) is 5.84. The van der Waals surface area contributed by atoms with Gasteiger partial charge in [0.15, 0.2) is 0 Å². The molecule has 4 nitrogen and oxygen atoms in total. The van der Waals surface area contributed by atoms with E-state index in [9.17, 15) is 4.79 Å². The van der Waals surface area contributed by atoms with E-state index in [1.54, 1.807) is 11.3 Å². The number of fused-ring (bicyclic) bond motifs is 1. The summed E-state index contributed by atoms with van der Waals surface area (Å²) in [5, 5.41) is 3.04. The predicted octanol–water partition coefficient (Wildman–Crippen LogP) is 3.12. The molecule has 0 aromatic carbocycles. The molecule has 3 unspecified atom stereocenters. The van der Waals surface area contributed by atoms with Gasteiger partial charge in [-0.25, -0.2) is 0 Å². The van der Waals surface area contributed by atoms with Gasteiger partial charge >= 0.3 is 0 Å². The monoisotopic (exact) mass is 422 g/mol. The predicted molar refractivity (Wildman–Crippen MR) is 99.1 cm³/mol. The van der Waals surface area contributed by atoms with Crippen molar-refractivity contribution in [3.05, 3.63) is 20.8 Å². The maximum absolute atomic E-state index is 12.7. The molecule has 2 heterocycles. The van der Waals surface area contributed by atoms with Crippen LogP contribution in [0.25, 0.3) is 0 Å². The first-order valence-corrected chi connectivity index (χ1v) is 9.41. The van der Waals surface area contributed by atoms with Crippen LogP contribution in [0.1, 0.15) is 31.6 Å². The molecule has 1 saturated carbocycles. The number of nitrogens with two attached hydrogens (primary N) is 1. The van der Waals surface area contributed by atoms with Gasteiger partial charge in [0.25, 0.3) is 0 Å². The van der Waals surface area contributed by atoms with Crippen molar-refractivity contribution >= 4 is 45.6 Å². The Morgan fingerprint density at radius 3 is 2.91 bits per heavy atom. The zero-order valence-electron chi connectivity index (χ0n) is 13.4. The highest BCUT2D eigenvalue weighted by molar-refractivity contribution is 9.11. The standard InChI is InChI=1S/C16H23BrN2O2S.ClH/c1-15(2)13-11(4-3-9-21-13)16(15,18)14(20)19-8-7-10-5-6-12(17)22-10;/h5-6,11,13H,3-4,7-9,18H2,1-2H3,(H,19,20);1H. The summed E-state index contributed by atoms with van der Waals surface area (Å²) in [6.07, 6.45) is 2.93. The number of nitrogens with one attached hydrogen (secondary N) is 1. The van der Waals surface area contributed by atoms with Crippen molar-refractivity contribution in [1.29, 1.82) is 0 Å². The minimum absolute atomic E-state index is 0. The van der Waals surface area contributed by atoms with E-state index >= 15 is 0 Å². The largest absolute Gasteiger partial charge is 0.377 e. The normalized spacial score (nSPS) is 31.5. The molecule has 1 saturated heterocycles. The molecule has 7 heteroatoms. The Labute approximate surface area is 156 Å². The molecule has 0 spiro atoms. The van der Waals surface area contributed by atoms with E-state index in [1.165, 1.54) is 4.88 Å². The van der Waals surface area contributed by atoms with Crippen molar-refractivity contribution in [2.75, 3.05) is 13.2 Å². The van der Waals surface area contributed by atoms with E-state index in [1.807, 2.05) is 6.07 Å².